The fourth-order valence-electron chi connectivity index (χ4n) is 2.34. The Morgan fingerprint density at radius 2 is 2.09 bits per heavy atom. The molecule has 0 bridgehead atoms. The fraction of sp³-hybridized carbons (Fsp3) is 0.529. The van der Waals surface area contributed by atoms with Gasteiger partial charge in [-0.1, -0.05) is 25.4 Å². The minimum Gasteiger partial charge on any atom is -0.382 e. The molecule has 1 fully saturated rings. The summed E-state index contributed by atoms with van der Waals surface area (Å²) in [5.41, 5.74) is 1.32. The lowest BCUT2D eigenvalue weighted by molar-refractivity contribution is -0.122. The summed E-state index contributed by atoms with van der Waals surface area (Å²) in [6, 6.07) is 5.62. The smallest absolute Gasteiger partial charge is 0.253 e. The molecule has 1 heterocycles. The monoisotopic (exact) mass is 337 g/mol. The molecule has 2 atom stereocenters. The Morgan fingerprint density at radius 1 is 1.35 bits per heavy atom. The summed E-state index contributed by atoms with van der Waals surface area (Å²) in [4.78, 5) is 23.6. The maximum absolute atomic E-state index is 12.5. The second-order valence-electron chi connectivity index (χ2n) is 6.38. The third-order valence-electron chi connectivity index (χ3n) is 4.21. The largest absolute Gasteiger partial charge is 0.382 e. The van der Waals surface area contributed by atoms with Crippen LogP contribution in [0.1, 0.15) is 44.0 Å². The van der Waals surface area contributed by atoms with E-state index in [4.69, 9.17) is 11.6 Å². The summed E-state index contributed by atoms with van der Waals surface area (Å²) >= 11 is 6.17. The Balaban J connectivity index is 2.05. The first-order valence-electron chi connectivity index (χ1n) is 8.00. The minimum atomic E-state index is -0.211. The highest BCUT2D eigenvalue weighted by Crippen LogP contribution is 2.22. The van der Waals surface area contributed by atoms with E-state index < -0.39 is 0 Å². The van der Waals surface area contributed by atoms with Crippen LogP contribution in [0.15, 0.2) is 18.2 Å². The number of amides is 2. The lowest BCUT2D eigenvalue weighted by atomic mass is 10.0. The summed E-state index contributed by atoms with van der Waals surface area (Å²) < 4.78 is 0. The van der Waals surface area contributed by atoms with Crippen LogP contribution < -0.4 is 16.0 Å². The van der Waals surface area contributed by atoms with E-state index in [1.54, 1.807) is 12.1 Å². The van der Waals surface area contributed by atoms with Gasteiger partial charge in [0.15, 0.2) is 0 Å². The summed E-state index contributed by atoms with van der Waals surface area (Å²) in [6.45, 7) is 6.84. The Bertz CT molecular complexity index is 579. The molecule has 0 aromatic heterocycles. The fourth-order valence-corrected chi connectivity index (χ4v) is 2.54. The van der Waals surface area contributed by atoms with Crippen LogP contribution in [0.3, 0.4) is 0 Å². The van der Waals surface area contributed by atoms with Crippen LogP contribution in [0.25, 0.3) is 0 Å². The van der Waals surface area contributed by atoms with Crippen LogP contribution in [0.5, 0.6) is 0 Å². The first-order chi connectivity index (χ1) is 10.9. The SMILES string of the molecule is CC(C)C(C)Nc1ccc(Cl)c(C(=O)NC2CCC(=O)NC2)c1. The number of benzene rings is 1. The Morgan fingerprint density at radius 3 is 2.70 bits per heavy atom. The molecule has 1 aromatic rings. The van der Waals surface area contributed by atoms with Crippen LogP contribution in [-0.2, 0) is 4.79 Å². The van der Waals surface area contributed by atoms with Gasteiger partial charge >= 0.3 is 0 Å². The third kappa shape index (κ3) is 4.86. The number of carbonyl (C=O) groups is 2. The molecule has 1 aliphatic rings. The number of halogens is 1. The summed E-state index contributed by atoms with van der Waals surface area (Å²) in [7, 11) is 0. The van der Waals surface area contributed by atoms with E-state index in [2.05, 4.69) is 36.7 Å². The van der Waals surface area contributed by atoms with Crippen LogP contribution in [-0.4, -0.2) is 30.4 Å². The number of rotatable bonds is 5. The third-order valence-corrected chi connectivity index (χ3v) is 4.54. The van der Waals surface area contributed by atoms with Crippen molar-refractivity contribution in [2.45, 2.75) is 45.7 Å². The number of nitrogens with one attached hydrogen (secondary N) is 3. The molecule has 0 aliphatic carbocycles. The van der Waals surface area contributed by atoms with Gasteiger partial charge in [-0.05, 0) is 37.5 Å². The minimum absolute atomic E-state index is 0.0300. The standard InChI is InChI=1S/C17H24ClN3O2/c1-10(2)11(3)20-12-4-6-15(18)14(8-12)17(23)21-13-5-7-16(22)19-9-13/h4,6,8,10-11,13,20H,5,7,9H2,1-3H3,(H,19,22)(H,21,23). The first-order valence-corrected chi connectivity index (χ1v) is 8.38. The molecule has 2 rings (SSSR count). The number of hydrogen-bond acceptors (Lipinski definition) is 3. The molecule has 1 saturated heterocycles. The average molecular weight is 338 g/mol. The molecule has 2 amide bonds. The van der Waals surface area contributed by atoms with E-state index in [1.165, 1.54) is 0 Å². The normalized spacial score (nSPS) is 19.2. The van der Waals surface area contributed by atoms with Gasteiger partial charge in [-0.15, -0.1) is 0 Å². The number of hydrogen-bond donors (Lipinski definition) is 3. The number of carbonyl (C=O) groups excluding carboxylic acids is 2. The highest BCUT2D eigenvalue weighted by atomic mass is 35.5. The van der Waals surface area contributed by atoms with E-state index in [1.807, 2.05) is 6.07 Å². The molecule has 2 unspecified atom stereocenters. The first kappa shape index (κ1) is 17.6. The van der Waals surface area contributed by atoms with Crippen LogP contribution in [0.2, 0.25) is 5.02 Å². The van der Waals surface area contributed by atoms with Crippen LogP contribution in [0, 0.1) is 5.92 Å². The summed E-state index contributed by atoms with van der Waals surface area (Å²) in [5.74, 6) is 0.299. The molecule has 5 nitrogen and oxygen atoms in total. The molecule has 1 aliphatic heterocycles. The maximum atomic E-state index is 12.5. The van der Waals surface area contributed by atoms with Gasteiger partial charge in [-0.2, -0.15) is 0 Å². The van der Waals surface area contributed by atoms with Gasteiger partial charge in [0.1, 0.15) is 0 Å². The second-order valence-corrected chi connectivity index (χ2v) is 6.79. The Kier molecular flexibility index (Phi) is 5.88. The van der Waals surface area contributed by atoms with Gasteiger partial charge in [0.25, 0.3) is 5.91 Å². The van der Waals surface area contributed by atoms with Crippen molar-refractivity contribution in [3.05, 3.63) is 28.8 Å². The van der Waals surface area contributed by atoms with E-state index in [0.29, 0.717) is 41.9 Å². The van der Waals surface area contributed by atoms with Crippen molar-refractivity contribution in [3.63, 3.8) is 0 Å². The molecule has 0 saturated carbocycles. The van der Waals surface area contributed by atoms with Crippen molar-refractivity contribution in [2.24, 2.45) is 5.92 Å². The van der Waals surface area contributed by atoms with E-state index >= 15 is 0 Å². The summed E-state index contributed by atoms with van der Waals surface area (Å²) in [5, 5.41) is 9.49. The van der Waals surface area contributed by atoms with E-state index in [9.17, 15) is 9.59 Å². The Hall–Kier alpha value is -1.75. The predicted octanol–water partition coefficient (Wildman–Crippen LogP) is 2.80. The van der Waals surface area contributed by atoms with Gasteiger partial charge in [0.2, 0.25) is 5.91 Å². The molecule has 0 spiro atoms. The molecule has 23 heavy (non-hydrogen) atoms. The molecule has 3 N–H and O–H groups in total. The molecule has 0 radical (unpaired) electrons. The van der Waals surface area contributed by atoms with E-state index in [-0.39, 0.29) is 17.9 Å². The topological polar surface area (TPSA) is 70.2 Å². The van der Waals surface area contributed by atoms with Crippen molar-refractivity contribution in [1.29, 1.82) is 0 Å². The quantitative estimate of drug-likeness (QED) is 0.773. The lowest BCUT2D eigenvalue weighted by Gasteiger charge is -2.24. The predicted molar refractivity (Wildman–Crippen MR) is 92.9 cm³/mol. The zero-order chi connectivity index (χ0) is 17.0. The maximum Gasteiger partial charge on any atom is 0.253 e. The van der Waals surface area contributed by atoms with Crippen LogP contribution >= 0.6 is 11.6 Å². The molecular formula is C17H24ClN3O2. The number of anilines is 1. The number of piperidine rings is 1. The highest BCUT2D eigenvalue weighted by molar-refractivity contribution is 6.34. The van der Waals surface area contributed by atoms with Gasteiger partial charge in [-0.3, -0.25) is 9.59 Å². The van der Waals surface area contributed by atoms with Crippen molar-refractivity contribution in [2.75, 3.05) is 11.9 Å². The van der Waals surface area contributed by atoms with Crippen molar-refractivity contribution < 1.29 is 9.59 Å². The molecule has 1 aromatic carbocycles. The summed E-state index contributed by atoms with van der Waals surface area (Å²) in [6.07, 6.45) is 1.09. The highest BCUT2D eigenvalue weighted by Gasteiger charge is 2.21. The average Bonchev–Trinajstić information content (AvgIpc) is 2.51. The zero-order valence-corrected chi connectivity index (χ0v) is 14.5. The van der Waals surface area contributed by atoms with E-state index in [0.717, 1.165) is 5.69 Å². The Labute approximate surface area is 142 Å². The van der Waals surface area contributed by atoms with Gasteiger partial charge in [0.05, 0.1) is 10.6 Å². The van der Waals surface area contributed by atoms with Gasteiger partial charge in [0, 0.05) is 30.7 Å². The van der Waals surface area contributed by atoms with Crippen molar-refractivity contribution >= 4 is 29.1 Å². The second kappa shape index (κ2) is 7.68. The van der Waals surface area contributed by atoms with Crippen LogP contribution in [0.4, 0.5) is 5.69 Å². The molecule has 6 heteroatoms. The van der Waals surface area contributed by atoms with Gasteiger partial charge < -0.3 is 16.0 Å². The molecule has 126 valence electrons. The van der Waals surface area contributed by atoms with Gasteiger partial charge in [-0.25, -0.2) is 0 Å². The molecular weight excluding hydrogens is 314 g/mol. The van der Waals surface area contributed by atoms with Crippen molar-refractivity contribution in [3.8, 4) is 0 Å². The zero-order valence-electron chi connectivity index (χ0n) is 13.8. The van der Waals surface area contributed by atoms with Crippen molar-refractivity contribution in [1.82, 2.24) is 10.6 Å². The lowest BCUT2D eigenvalue weighted by Crippen LogP contribution is -2.47.